The van der Waals surface area contributed by atoms with Gasteiger partial charge in [-0.05, 0) is 42.5 Å². The van der Waals surface area contributed by atoms with E-state index in [0.717, 1.165) is 23.7 Å². The summed E-state index contributed by atoms with van der Waals surface area (Å²) < 4.78 is 5.43. The maximum absolute atomic E-state index is 13.1. The molecule has 0 saturated carbocycles. The van der Waals surface area contributed by atoms with Crippen LogP contribution in [0.1, 0.15) is 31.1 Å². The number of fused-ring (bicyclic) bond motifs is 1. The van der Waals surface area contributed by atoms with Crippen molar-refractivity contribution >= 4 is 34.8 Å². The van der Waals surface area contributed by atoms with Crippen LogP contribution in [0.2, 0.25) is 0 Å². The summed E-state index contributed by atoms with van der Waals surface area (Å²) in [5.41, 5.74) is 3.09. The molecule has 1 N–H and O–H groups in total. The molecule has 2 aliphatic heterocycles. The topological polar surface area (TPSA) is 79.0 Å². The van der Waals surface area contributed by atoms with E-state index in [4.69, 9.17) is 4.74 Å². The van der Waals surface area contributed by atoms with Crippen LogP contribution in [-0.2, 0) is 4.74 Å². The van der Waals surface area contributed by atoms with Gasteiger partial charge in [-0.15, -0.1) is 0 Å². The highest BCUT2D eigenvalue weighted by atomic mass is 16.5. The SMILES string of the molecule is O=C(Nc1ccccc1N1CCOCC1)c1cccc(N2C(=O)c3ccccc3C2=O)c1. The Labute approximate surface area is 185 Å². The van der Waals surface area contributed by atoms with Gasteiger partial charge >= 0.3 is 0 Å². The minimum Gasteiger partial charge on any atom is -0.378 e. The number of benzene rings is 3. The lowest BCUT2D eigenvalue weighted by atomic mass is 10.1. The number of nitrogens with one attached hydrogen (secondary N) is 1. The van der Waals surface area contributed by atoms with E-state index < -0.39 is 0 Å². The highest BCUT2D eigenvalue weighted by Crippen LogP contribution is 2.30. The number of imide groups is 1. The molecule has 32 heavy (non-hydrogen) atoms. The Morgan fingerprint density at radius 3 is 2.19 bits per heavy atom. The Morgan fingerprint density at radius 1 is 0.812 bits per heavy atom. The summed E-state index contributed by atoms with van der Waals surface area (Å²) in [7, 11) is 0. The first-order chi connectivity index (χ1) is 15.6. The van der Waals surface area contributed by atoms with E-state index in [1.165, 1.54) is 0 Å². The van der Waals surface area contributed by atoms with E-state index in [0.29, 0.717) is 41.3 Å². The first-order valence-corrected chi connectivity index (χ1v) is 10.4. The number of morpholine rings is 1. The first-order valence-electron chi connectivity index (χ1n) is 10.4. The first kappa shape index (κ1) is 20.0. The van der Waals surface area contributed by atoms with E-state index in [9.17, 15) is 14.4 Å². The number of ether oxygens (including phenoxy) is 1. The zero-order valence-corrected chi connectivity index (χ0v) is 17.3. The standard InChI is InChI=1S/C25H21N3O4/c29-23(26-21-10-3-4-11-22(21)27-12-14-32-15-13-27)17-6-5-7-18(16-17)28-24(30)19-8-1-2-9-20(19)25(28)31/h1-11,16H,12-15H2,(H,26,29). The van der Waals surface area contributed by atoms with Crippen molar-refractivity contribution in [2.45, 2.75) is 0 Å². The highest BCUT2D eigenvalue weighted by Gasteiger charge is 2.36. The second kappa shape index (κ2) is 8.28. The molecule has 7 heteroatoms. The van der Waals surface area contributed by atoms with Crippen molar-refractivity contribution in [3.8, 4) is 0 Å². The summed E-state index contributed by atoms with van der Waals surface area (Å²) in [4.78, 5) is 41.9. The molecule has 7 nitrogen and oxygen atoms in total. The number of anilines is 3. The van der Waals surface area contributed by atoms with Crippen molar-refractivity contribution in [1.82, 2.24) is 0 Å². The van der Waals surface area contributed by atoms with Gasteiger partial charge in [0, 0.05) is 18.7 Å². The monoisotopic (exact) mass is 427 g/mol. The van der Waals surface area contributed by atoms with Gasteiger partial charge < -0.3 is 15.0 Å². The molecule has 1 saturated heterocycles. The third-order valence-electron chi connectivity index (χ3n) is 5.66. The molecule has 0 bridgehead atoms. The van der Waals surface area contributed by atoms with Gasteiger partial charge in [0.15, 0.2) is 0 Å². The molecular weight excluding hydrogens is 406 g/mol. The van der Waals surface area contributed by atoms with E-state index in [1.54, 1.807) is 48.5 Å². The Hall–Kier alpha value is -3.97. The van der Waals surface area contributed by atoms with Crippen LogP contribution in [-0.4, -0.2) is 44.0 Å². The lowest BCUT2D eigenvalue weighted by molar-refractivity contribution is 0.0924. The molecule has 160 valence electrons. The summed E-state index contributed by atoms with van der Waals surface area (Å²) in [6, 6.07) is 20.9. The summed E-state index contributed by atoms with van der Waals surface area (Å²) in [6.07, 6.45) is 0. The van der Waals surface area contributed by atoms with Gasteiger partial charge in [0.1, 0.15) is 0 Å². The van der Waals surface area contributed by atoms with Crippen LogP contribution >= 0.6 is 0 Å². The van der Waals surface area contributed by atoms with Gasteiger partial charge in [0.25, 0.3) is 17.7 Å². The Balaban J connectivity index is 1.40. The number of rotatable bonds is 4. The lowest BCUT2D eigenvalue weighted by Crippen LogP contribution is -2.36. The fourth-order valence-corrected chi connectivity index (χ4v) is 4.06. The molecule has 0 spiro atoms. The minimum absolute atomic E-state index is 0.316. The van der Waals surface area contributed by atoms with Gasteiger partial charge in [0.05, 0.1) is 41.4 Å². The van der Waals surface area contributed by atoms with E-state index in [2.05, 4.69) is 10.2 Å². The second-order valence-electron chi connectivity index (χ2n) is 7.61. The molecule has 0 radical (unpaired) electrons. The van der Waals surface area contributed by atoms with Crippen LogP contribution in [0, 0.1) is 0 Å². The van der Waals surface area contributed by atoms with Crippen LogP contribution in [0.3, 0.4) is 0 Å². The summed E-state index contributed by atoms with van der Waals surface area (Å²) >= 11 is 0. The normalized spacial score (nSPS) is 15.6. The largest absolute Gasteiger partial charge is 0.378 e. The van der Waals surface area contributed by atoms with E-state index in [1.807, 2.05) is 24.3 Å². The average molecular weight is 427 g/mol. The average Bonchev–Trinajstić information content (AvgIpc) is 3.10. The Kier molecular flexibility index (Phi) is 5.17. The van der Waals surface area contributed by atoms with Crippen molar-refractivity contribution in [2.24, 2.45) is 0 Å². The lowest BCUT2D eigenvalue weighted by Gasteiger charge is -2.30. The molecule has 0 aromatic heterocycles. The predicted molar refractivity (Wildman–Crippen MR) is 121 cm³/mol. The van der Waals surface area contributed by atoms with E-state index in [-0.39, 0.29) is 17.7 Å². The van der Waals surface area contributed by atoms with Crippen molar-refractivity contribution < 1.29 is 19.1 Å². The molecule has 5 rings (SSSR count). The van der Waals surface area contributed by atoms with Crippen LogP contribution in [0.25, 0.3) is 0 Å². The van der Waals surface area contributed by atoms with Crippen LogP contribution < -0.4 is 15.1 Å². The molecule has 0 atom stereocenters. The summed E-state index contributed by atoms with van der Waals surface area (Å²) in [6.45, 7) is 2.79. The fourth-order valence-electron chi connectivity index (χ4n) is 4.06. The van der Waals surface area contributed by atoms with Gasteiger partial charge in [-0.25, -0.2) is 4.90 Å². The van der Waals surface area contributed by atoms with Crippen molar-refractivity contribution in [3.05, 3.63) is 89.5 Å². The summed E-state index contributed by atoms with van der Waals surface area (Å²) in [5.74, 6) is -1.09. The minimum atomic E-state index is -0.388. The molecule has 3 amide bonds. The molecular formula is C25H21N3O4. The number of carbonyl (C=O) groups is 3. The molecule has 1 fully saturated rings. The predicted octanol–water partition coefficient (Wildman–Crippen LogP) is 3.58. The van der Waals surface area contributed by atoms with Crippen LogP contribution in [0.15, 0.2) is 72.8 Å². The second-order valence-corrected chi connectivity index (χ2v) is 7.61. The number of hydrogen-bond donors (Lipinski definition) is 1. The van der Waals surface area contributed by atoms with Gasteiger partial charge in [0.2, 0.25) is 0 Å². The molecule has 3 aromatic rings. The maximum Gasteiger partial charge on any atom is 0.266 e. The quantitative estimate of drug-likeness (QED) is 0.644. The van der Waals surface area contributed by atoms with Crippen LogP contribution in [0.5, 0.6) is 0 Å². The highest BCUT2D eigenvalue weighted by molar-refractivity contribution is 6.34. The Morgan fingerprint density at radius 2 is 1.47 bits per heavy atom. The number of carbonyl (C=O) groups excluding carboxylic acids is 3. The molecule has 0 aliphatic carbocycles. The third kappa shape index (κ3) is 3.52. The third-order valence-corrected chi connectivity index (χ3v) is 5.66. The Bertz CT molecular complexity index is 1180. The number of nitrogens with zero attached hydrogens (tertiary/aromatic N) is 2. The van der Waals surface area contributed by atoms with Crippen molar-refractivity contribution in [2.75, 3.05) is 41.4 Å². The summed E-state index contributed by atoms with van der Waals surface area (Å²) in [5, 5.41) is 2.97. The maximum atomic E-state index is 13.1. The van der Waals surface area contributed by atoms with Crippen LogP contribution in [0.4, 0.5) is 17.1 Å². The number of para-hydroxylation sites is 2. The smallest absolute Gasteiger partial charge is 0.266 e. The van der Waals surface area contributed by atoms with Gasteiger partial charge in [-0.3, -0.25) is 14.4 Å². The molecule has 0 unspecified atom stereocenters. The molecule has 2 aliphatic rings. The zero-order valence-electron chi connectivity index (χ0n) is 17.3. The fraction of sp³-hybridized carbons (Fsp3) is 0.160. The van der Waals surface area contributed by atoms with Gasteiger partial charge in [-0.1, -0.05) is 30.3 Å². The van der Waals surface area contributed by atoms with Crippen molar-refractivity contribution in [3.63, 3.8) is 0 Å². The van der Waals surface area contributed by atoms with Crippen molar-refractivity contribution in [1.29, 1.82) is 0 Å². The number of amides is 3. The zero-order chi connectivity index (χ0) is 22.1. The molecule has 3 aromatic carbocycles. The van der Waals surface area contributed by atoms with Gasteiger partial charge in [-0.2, -0.15) is 0 Å². The van der Waals surface area contributed by atoms with E-state index >= 15 is 0 Å². The molecule has 2 heterocycles. The number of hydrogen-bond acceptors (Lipinski definition) is 5.